The maximum atomic E-state index is 12.2. The van der Waals surface area contributed by atoms with E-state index >= 15 is 0 Å². The first-order valence-corrected chi connectivity index (χ1v) is 7.72. The zero-order chi connectivity index (χ0) is 15.8. The molecule has 4 N–H and O–H groups in total. The quantitative estimate of drug-likeness (QED) is 0.742. The van der Waals surface area contributed by atoms with E-state index in [4.69, 9.17) is 11.5 Å². The predicted octanol–water partition coefficient (Wildman–Crippen LogP) is 1.64. The van der Waals surface area contributed by atoms with Crippen molar-refractivity contribution in [2.75, 3.05) is 13.1 Å². The van der Waals surface area contributed by atoms with E-state index in [-0.39, 0.29) is 18.4 Å². The first-order chi connectivity index (χ1) is 9.92. The number of carbonyl (C=O) groups excluding carboxylic acids is 2. The van der Waals surface area contributed by atoms with E-state index in [1.807, 2.05) is 31.2 Å². The lowest BCUT2D eigenvalue weighted by atomic mass is 10.1. The maximum absolute atomic E-state index is 12.2. The second-order valence-corrected chi connectivity index (χ2v) is 6.14. The Bertz CT molecular complexity index is 476. The first-order valence-electron chi connectivity index (χ1n) is 6.93. The van der Waals surface area contributed by atoms with Gasteiger partial charge in [0.1, 0.15) is 0 Å². The van der Waals surface area contributed by atoms with E-state index in [0.717, 1.165) is 10.0 Å². The molecule has 0 bridgehead atoms. The number of rotatable bonds is 8. The van der Waals surface area contributed by atoms with Crippen molar-refractivity contribution in [3.05, 3.63) is 34.3 Å². The lowest BCUT2D eigenvalue weighted by molar-refractivity contribution is -0.136. The molecule has 5 nitrogen and oxygen atoms in total. The molecule has 0 heterocycles. The van der Waals surface area contributed by atoms with Crippen LogP contribution in [0.15, 0.2) is 28.7 Å². The van der Waals surface area contributed by atoms with Gasteiger partial charge in [-0.2, -0.15) is 0 Å². The lowest BCUT2D eigenvalue weighted by Gasteiger charge is -2.22. The van der Waals surface area contributed by atoms with Gasteiger partial charge in [-0.1, -0.05) is 35.0 Å². The fourth-order valence-corrected chi connectivity index (χ4v) is 2.14. The predicted molar refractivity (Wildman–Crippen MR) is 86.2 cm³/mol. The minimum absolute atomic E-state index is 0.0636. The highest BCUT2D eigenvalue weighted by Gasteiger charge is 2.17. The summed E-state index contributed by atoms with van der Waals surface area (Å²) in [6, 6.07) is 7.62. The van der Waals surface area contributed by atoms with Crippen LogP contribution in [0.3, 0.4) is 0 Å². The molecule has 1 aromatic carbocycles. The van der Waals surface area contributed by atoms with E-state index in [2.05, 4.69) is 15.9 Å². The largest absolute Gasteiger partial charge is 0.368 e. The van der Waals surface area contributed by atoms with Crippen molar-refractivity contribution in [3.63, 3.8) is 0 Å². The van der Waals surface area contributed by atoms with Crippen LogP contribution in [0, 0.1) is 5.92 Å². The van der Waals surface area contributed by atoms with Gasteiger partial charge < -0.3 is 16.4 Å². The van der Waals surface area contributed by atoms with Gasteiger partial charge in [0, 0.05) is 17.4 Å². The number of carbonyl (C=O) groups is 2. The molecule has 6 heteroatoms. The second-order valence-electron chi connectivity index (χ2n) is 5.22. The number of hydrogen-bond donors (Lipinski definition) is 2. The SMILES string of the molecule is CC(CN)CCC(=O)N(CC(N)=O)Cc1ccc(Br)cc1. The molecule has 2 amide bonds. The minimum Gasteiger partial charge on any atom is -0.368 e. The summed E-state index contributed by atoms with van der Waals surface area (Å²) in [5.74, 6) is -0.290. The molecule has 0 radical (unpaired) electrons. The molecule has 1 unspecified atom stereocenters. The molecule has 0 spiro atoms. The molecule has 1 atom stereocenters. The fraction of sp³-hybridized carbons (Fsp3) is 0.467. The Morgan fingerprint density at radius 1 is 1.29 bits per heavy atom. The van der Waals surface area contributed by atoms with Gasteiger partial charge in [-0.3, -0.25) is 9.59 Å². The summed E-state index contributed by atoms with van der Waals surface area (Å²) in [6.07, 6.45) is 1.09. The van der Waals surface area contributed by atoms with Crippen molar-refractivity contribution >= 4 is 27.7 Å². The number of hydrogen-bond acceptors (Lipinski definition) is 3. The van der Waals surface area contributed by atoms with Crippen LogP contribution in [-0.2, 0) is 16.1 Å². The normalized spacial score (nSPS) is 12.0. The maximum Gasteiger partial charge on any atom is 0.237 e. The van der Waals surface area contributed by atoms with Gasteiger partial charge in [-0.15, -0.1) is 0 Å². The molecule has 116 valence electrons. The molecule has 0 fully saturated rings. The van der Waals surface area contributed by atoms with Gasteiger partial charge in [-0.25, -0.2) is 0 Å². The molecular formula is C15H22BrN3O2. The van der Waals surface area contributed by atoms with Crippen molar-refractivity contribution < 1.29 is 9.59 Å². The van der Waals surface area contributed by atoms with Gasteiger partial charge in [0.05, 0.1) is 6.54 Å². The van der Waals surface area contributed by atoms with E-state index in [1.54, 1.807) is 0 Å². The van der Waals surface area contributed by atoms with Gasteiger partial charge in [0.2, 0.25) is 11.8 Å². The summed E-state index contributed by atoms with van der Waals surface area (Å²) in [5.41, 5.74) is 11.7. The van der Waals surface area contributed by atoms with Gasteiger partial charge in [0.25, 0.3) is 0 Å². The summed E-state index contributed by atoms with van der Waals surface area (Å²) in [4.78, 5) is 24.9. The van der Waals surface area contributed by atoms with Crippen LogP contribution in [0.1, 0.15) is 25.3 Å². The van der Waals surface area contributed by atoms with E-state index in [1.165, 1.54) is 4.90 Å². The second kappa shape index (κ2) is 8.79. The van der Waals surface area contributed by atoms with Crippen LogP contribution in [-0.4, -0.2) is 29.8 Å². The zero-order valence-corrected chi connectivity index (χ0v) is 13.8. The van der Waals surface area contributed by atoms with E-state index in [0.29, 0.717) is 25.9 Å². The van der Waals surface area contributed by atoms with Gasteiger partial charge in [0.15, 0.2) is 0 Å². The van der Waals surface area contributed by atoms with Gasteiger partial charge in [-0.05, 0) is 36.6 Å². The summed E-state index contributed by atoms with van der Waals surface area (Å²) in [6.45, 7) is 2.87. The highest BCUT2D eigenvalue weighted by molar-refractivity contribution is 9.10. The Kier molecular flexibility index (Phi) is 7.39. The zero-order valence-electron chi connectivity index (χ0n) is 12.2. The Morgan fingerprint density at radius 2 is 1.90 bits per heavy atom. The molecule has 0 aliphatic heterocycles. The van der Waals surface area contributed by atoms with Crippen LogP contribution in [0.2, 0.25) is 0 Å². The summed E-state index contributed by atoms with van der Waals surface area (Å²) in [5, 5.41) is 0. The number of nitrogens with zero attached hydrogens (tertiary/aromatic N) is 1. The highest BCUT2D eigenvalue weighted by Crippen LogP contribution is 2.14. The van der Waals surface area contributed by atoms with Crippen LogP contribution in [0.5, 0.6) is 0 Å². The van der Waals surface area contributed by atoms with Crippen molar-refractivity contribution in [1.29, 1.82) is 0 Å². The van der Waals surface area contributed by atoms with Crippen molar-refractivity contribution in [3.8, 4) is 0 Å². The van der Waals surface area contributed by atoms with Gasteiger partial charge >= 0.3 is 0 Å². The smallest absolute Gasteiger partial charge is 0.237 e. The molecule has 0 aromatic heterocycles. The molecule has 0 aliphatic carbocycles. The topological polar surface area (TPSA) is 89.4 Å². The summed E-state index contributed by atoms with van der Waals surface area (Å²) >= 11 is 3.36. The molecule has 21 heavy (non-hydrogen) atoms. The number of amides is 2. The number of halogens is 1. The van der Waals surface area contributed by atoms with E-state index < -0.39 is 5.91 Å². The Hall–Kier alpha value is -1.40. The van der Waals surface area contributed by atoms with E-state index in [9.17, 15) is 9.59 Å². The lowest BCUT2D eigenvalue weighted by Crippen LogP contribution is -2.38. The third-order valence-corrected chi connectivity index (χ3v) is 3.77. The molecular weight excluding hydrogens is 334 g/mol. The number of benzene rings is 1. The standard InChI is InChI=1S/C15H22BrN3O2/c1-11(8-17)2-7-15(21)19(10-14(18)20)9-12-3-5-13(16)6-4-12/h3-6,11H,2,7-10,17H2,1H3,(H2,18,20). The Labute approximate surface area is 133 Å². The molecule has 0 saturated heterocycles. The van der Waals surface area contributed by atoms with Crippen LogP contribution < -0.4 is 11.5 Å². The molecule has 0 saturated carbocycles. The third-order valence-electron chi connectivity index (χ3n) is 3.24. The summed E-state index contributed by atoms with van der Waals surface area (Å²) in [7, 11) is 0. The molecule has 0 aliphatic rings. The average molecular weight is 356 g/mol. The number of primary amides is 1. The fourth-order valence-electron chi connectivity index (χ4n) is 1.88. The number of nitrogens with two attached hydrogens (primary N) is 2. The third kappa shape index (κ3) is 6.73. The van der Waals surface area contributed by atoms with Crippen LogP contribution in [0.4, 0.5) is 0 Å². The average Bonchev–Trinajstić information content (AvgIpc) is 2.45. The Morgan fingerprint density at radius 3 is 2.43 bits per heavy atom. The monoisotopic (exact) mass is 355 g/mol. The van der Waals surface area contributed by atoms with Crippen LogP contribution in [0.25, 0.3) is 0 Å². The Balaban J connectivity index is 2.68. The van der Waals surface area contributed by atoms with Crippen molar-refractivity contribution in [1.82, 2.24) is 4.90 Å². The summed E-state index contributed by atoms with van der Waals surface area (Å²) < 4.78 is 0.968. The van der Waals surface area contributed by atoms with Crippen molar-refractivity contribution in [2.45, 2.75) is 26.3 Å². The molecule has 1 aromatic rings. The minimum atomic E-state index is -0.507. The highest BCUT2D eigenvalue weighted by atomic mass is 79.9. The first kappa shape index (κ1) is 17.7. The molecule has 1 rings (SSSR count). The van der Waals surface area contributed by atoms with Crippen molar-refractivity contribution in [2.24, 2.45) is 17.4 Å². The van der Waals surface area contributed by atoms with Crippen LogP contribution >= 0.6 is 15.9 Å².